The minimum absolute atomic E-state index is 0.0991. The average Bonchev–Trinajstić information content (AvgIpc) is 2.63. The van der Waals surface area contributed by atoms with Gasteiger partial charge in [-0.25, -0.2) is 0 Å². The number of aryl methyl sites for hydroxylation is 1. The summed E-state index contributed by atoms with van der Waals surface area (Å²) in [5, 5.41) is 3.48. The van der Waals surface area contributed by atoms with Gasteiger partial charge in [-0.15, -0.1) is 0 Å². The Labute approximate surface area is 166 Å². The number of rotatable bonds is 8. The lowest BCUT2D eigenvalue weighted by atomic mass is 10.1. The maximum absolute atomic E-state index is 13.0. The van der Waals surface area contributed by atoms with E-state index in [1.165, 1.54) is 0 Å². The van der Waals surface area contributed by atoms with Crippen molar-refractivity contribution in [1.82, 2.24) is 10.2 Å². The minimum Gasteiger partial charge on any atom is -0.354 e. The van der Waals surface area contributed by atoms with Crippen LogP contribution in [0.25, 0.3) is 0 Å². The van der Waals surface area contributed by atoms with Crippen LogP contribution in [0.4, 0.5) is 0 Å². The van der Waals surface area contributed by atoms with E-state index in [4.69, 9.17) is 11.6 Å². The Morgan fingerprint density at radius 3 is 2.48 bits per heavy atom. The van der Waals surface area contributed by atoms with Gasteiger partial charge < -0.3 is 10.2 Å². The number of benzene rings is 2. The van der Waals surface area contributed by atoms with Crippen molar-refractivity contribution >= 4 is 23.4 Å². The molecule has 1 atom stereocenters. The zero-order valence-electron chi connectivity index (χ0n) is 16.2. The molecule has 2 amide bonds. The van der Waals surface area contributed by atoms with Crippen LogP contribution < -0.4 is 5.32 Å². The van der Waals surface area contributed by atoms with Gasteiger partial charge in [0.25, 0.3) is 0 Å². The third-order valence-electron chi connectivity index (χ3n) is 4.40. The first-order chi connectivity index (χ1) is 12.9. The number of carbonyl (C=O) groups excluding carboxylic acids is 2. The van der Waals surface area contributed by atoms with E-state index in [0.29, 0.717) is 18.1 Å². The van der Waals surface area contributed by atoms with Crippen molar-refractivity contribution in [1.29, 1.82) is 0 Å². The molecule has 0 saturated heterocycles. The SMILES string of the molecule is CCCNC(=O)[C@@H](C)N(Cc1cccc(C)c1)C(=O)Cc1cccc(Cl)c1. The number of carbonyl (C=O) groups is 2. The molecule has 1 N–H and O–H groups in total. The molecule has 0 aliphatic rings. The fraction of sp³-hybridized carbons (Fsp3) is 0.364. The van der Waals surface area contributed by atoms with Gasteiger partial charge in [-0.1, -0.05) is 60.5 Å². The van der Waals surface area contributed by atoms with Gasteiger partial charge in [-0.2, -0.15) is 0 Å². The average molecular weight is 387 g/mol. The van der Waals surface area contributed by atoms with Crippen LogP contribution >= 0.6 is 11.6 Å². The zero-order chi connectivity index (χ0) is 19.8. The summed E-state index contributed by atoms with van der Waals surface area (Å²) >= 11 is 6.04. The highest BCUT2D eigenvalue weighted by Gasteiger charge is 2.26. The largest absolute Gasteiger partial charge is 0.354 e. The van der Waals surface area contributed by atoms with E-state index in [1.54, 1.807) is 24.0 Å². The highest BCUT2D eigenvalue weighted by molar-refractivity contribution is 6.30. The zero-order valence-corrected chi connectivity index (χ0v) is 16.9. The van der Waals surface area contributed by atoms with Gasteiger partial charge in [0.1, 0.15) is 6.04 Å². The van der Waals surface area contributed by atoms with Crippen molar-refractivity contribution in [2.75, 3.05) is 6.54 Å². The topological polar surface area (TPSA) is 49.4 Å². The molecule has 0 aliphatic heterocycles. The van der Waals surface area contributed by atoms with Crippen molar-refractivity contribution in [3.63, 3.8) is 0 Å². The maximum Gasteiger partial charge on any atom is 0.242 e. The van der Waals surface area contributed by atoms with E-state index in [-0.39, 0.29) is 18.2 Å². The van der Waals surface area contributed by atoms with E-state index in [2.05, 4.69) is 5.32 Å². The van der Waals surface area contributed by atoms with E-state index in [1.807, 2.05) is 50.2 Å². The number of amides is 2. The Balaban J connectivity index is 2.21. The van der Waals surface area contributed by atoms with Gasteiger partial charge in [0.05, 0.1) is 6.42 Å². The quantitative estimate of drug-likeness (QED) is 0.741. The molecule has 0 bridgehead atoms. The summed E-state index contributed by atoms with van der Waals surface area (Å²) in [5.74, 6) is -0.234. The summed E-state index contributed by atoms with van der Waals surface area (Å²) in [6, 6.07) is 14.7. The molecule has 0 heterocycles. The number of halogens is 1. The van der Waals surface area contributed by atoms with Crippen LogP contribution in [0.2, 0.25) is 5.02 Å². The van der Waals surface area contributed by atoms with Gasteiger partial charge in [0, 0.05) is 18.1 Å². The summed E-state index contributed by atoms with van der Waals surface area (Å²) in [5.41, 5.74) is 2.96. The highest BCUT2D eigenvalue weighted by atomic mass is 35.5. The Bertz CT molecular complexity index is 791. The summed E-state index contributed by atoms with van der Waals surface area (Å²) in [4.78, 5) is 27.2. The molecular weight excluding hydrogens is 360 g/mol. The molecular formula is C22H27ClN2O2. The summed E-state index contributed by atoms with van der Waals surface area (Å²) < 4.78 is 0. The van der Waals surface area contributed by atoms with Crippen LogP contribution in [-0.2, 0) is 22.6 Å². The number of nitrogens with one attached hydrogen (secondary N) is 1. The van der Waals surface area contributed by atoms with Crippen LogP contribution in [0, 0.1) is 6.92 Å². The van der Waals surface area contributed by atoms with Gasteiger partial charge in [-0.3, -0.25) is 9.59 Å². The van der Waals surface area contributed by atoms with Crippen LogP contribution in [0.3, 0.4) is 0 Å². The molecule has 5 heteroatoms. The third-order valence-corrected chi connectivity index (χ3v) is 4.63. The predicted molar refractivity (Wildman–Crippen MR) is 110 cm³/mol. The lowest BCUT2D eigenvalue weighted by Gasteiger charge is -2.29. The van der Waals surface area contributed by atoms with Crippen molar-refractivity contribution in [2.24, 2.45) is 0 Å². The van der Waals surface area contributed by atoms with Gasteiger partial charge >= 0.3 is 0 Å². The van der Waals surface area contributed by atoms with Crippen LogP contribution in [0.15, 0.2) is 48.5 Å². The first kappa shape index (κ1) is 21.0. The standard InChI is InChI=1S/C22H27ClN2O2/c1-4-11-24-22(27)17(3)25(15-19-9-5-7-16(2)12-19)21(26)14-18-8-6-10-20(23)13-18/h5-10,12-13,17H,4,11,14-15H2,1-3H3,(H,24,27)/t17-/m1/s1. The highest BCUT2D eigenvalue weighted by Crippen LogP contribution is 2.16. The molecule has 2 rings (SSSR count). The smallest absolute Gasteiger partial charge is 0.242 e. The second-order valence-corrected chi connectivity index (χ2v) is 7.22. The van der Waals surface area contributed by atoms with E-state index in [0.717, 1.165) is 23.1 Å². The maximum atomic E-state index is 13.0. The molecule has 0 aromatic heterocycles. The van der Waals surface area contributed by atoms with E-state index < -0.39 is 6.04 Å². The van der Waals surface area contributed by atoms with Gasteiger partial charge in [0.2, 0.25) is 11.8 Å². The van der Waals surface area contributed by atoms with Crippen LogP contribution in [0.5, 0.6) is 0 Å². The Morgan fingerprint density at radius 2 is 1.81 bits per heavy atom. The first-order valence-electron chi connectivity index (χ1n) is 9.28. The lowest BCUT2D eigenvalue weighted by Crippen LogP contribution is -2.48. The molecule has 0 spiro atoms. The normalized spacial score (nSPS) is 11.7. The molecule has 0 aliphatic carbocycles. The van der Waals surface area contributed by atoms with E-state index >= 15 is 0 Å². The van der Waals surface area contributed by atoms with Crippen LogP contribution in [0.1, 0.15) is 37.0 Å². The lowest BCUT2D eigenvalue weighted by molar-refractivity contribution is -0.140. The molecule has 2 aromatic rings. The second-order valence-electron chi connectivity index (χ2n) is 6.78. The molecule has 4 nitrogen and oxygen atoms in total. The number of hydrogen-bond donors (Lipinski definition) is 1. The molecule has 144 valence electrons. The number of hydrogen-bond acceptors (Lipinski definition) is 2. The van der Waals surface area contributed by atoms with Crippen molar-refractivity contribution in [3.8, 4) is 0 Å². The second kappa shape index (κ2) is 10.1. The molecule has 0 unspecified atom stereocenters. The van der Waals surface area contributed by atoms with Crippen LogP contribution in [-0.4, -0.2) is 29.3 Å². The van der Waals surface area contributed by atoms with Crippen molar-refractivity contribution in [3.05, 3.63) is 70.2 Å². The van der Waals surface area contributed by atoms with Gasteiger partial charge in [0.15, 0.2) is 0 Å². The fourth-order valence-corrected chi connectivity index (χ4v) is 3.12. The Morgan fingerprint density at radius 1 is 1.11 bits per heavy atom. The predicted octanol–water partition coefficient (Wildman–Crippen LogP) is 4.13. The molecule has 0 fully saturated rings. The van der Waals surface area contributed by atoms with Gasteiger partial charge in [-0.05, 0) is 43.5 Å². The molecule has 2 aromatic carbocycles. The summed E-state index contributed by atoms with van der Waals surface area (Å²) in [6.07, 6.45) is 1.06. The summed E-state index contributed by atoms with van der Waals surface area (Å²) in [6.45, 7) is 6.78. The van der Waals surface area contributed by atoms with E-state index in [9.17, 15) is 9.59 Å². The molecule has 27 heavy (non-hydrogen) atoms. The Hall–Kier alpha value is -2.33. The fourth-order valence-electron chi connectivity index (χ4n) is 2.91. The number of nitrogens with zero attached hydrogens (tertiary/aromatic N) is 1. The first-order valence-corrected chi connectivity index (χ1v) is 9.65. The Kier molecular flexibility index (Phi) is 7.86. The minimum atomic E-state index is -0.552. The molecule has 0 radical (unpaired) electrons. The van der Waals surface area contributed by atoms with Crippen molar-refractivity contribution in [2.45, 2.75) is 46.2 Å². The summed E-state index contributed by atoms with van der Waals surface area (Å²) in [7, 11) is 0. The third kappa shape index (κ3) is 6.40. The monoisotopic (exact) mass is 386 g/mol. The van der Waals surface area contributed by atoms with Crippen molar-refractivity contribution < 1.29 is 9.59 Å². The molecule has 0 saturated carbocycles.